The van der Waals surface area contributed by atoms with E-state index in [4.69, 9.17) is 5.11 Å². The zero-order valence-corrected chi connectivity index (χ0v) is 11.8. The lowest BCUT2D eigenvalue weighted by molar-refractivity contribution is -0.137. The van der Waals surface area contributed by atoms with E-state index in [0.29, 0.717) is 18.7 Å². The van der Waals surface area contributed by atoms with Crippen LogP contribution in [0.3, 0.4) is 0 Å². The number of rotatable bonds is 4. The van der Waals surface area contributed by atoms with Crippen LogP contribution in [0.2, 0.25) is 0 Å². The standard InChI is InChI=1S/C13H18N2O3S/c1-9-14-11(8-19-9)13(18)15-7-3-2-4-10(15)5-6-12(16)17/h8,10H,2-7H2,1H3,(H,16,17). The number of carboxylic acids is 1. The van der Waals surface area contributed by atoms with Crippen molar-refractivity contribution in [3.8, 4) is 0 Å². The molecule has 1 N–H and O–H groups in total. The highest BCUT2D eigenvalue weighted by molar-refractivity contribution is 7.09. The van der Waals surface area contributed by atoms with E-state index >= 15 is 0 Å². The van der Waals surface area contributed by atoms with Crippen LogP contribution >= 0.6 is 11.3 Å². The van der Waals surface area contributed by atoms with Crippen LogP contribution < -0.4 is 0 Å². The summed E-state index contributed by atoms with van der Waals surface area (Å²) >= 11 is 1.46. The monoisotopic (exact) mass is 282 g/mol. The highest BCUT2D eigenvalue weighted by Crippen LogP contribution is 2.23. The van der Waals surface area contributed by atoms with Gasteiger partial charge >= 0.3 is 5.97 Å². The van der Waals surface area contributed by atoms with Crippen molar-refractivity contribution < 1.29 is 14.7 Å². The molecule has 5 nitrogen and oxygen atoms in total. The molecule has 2 heterocycles. The van der Waals surface area contributed by atoms with E-state index in [2.05, 4.69) is 4.98 Å². The second-order valence-electron chi connectivity index (χ2n) is 4.83. The number of aliphatic carboxylic acids is 1. The van der Waals surface area contributed by atoms with Crippen LogP contribution in [0.5, 0.6) is 0 Å². The van der Waals surface area contributed by atoms with Gasteiger partial charge in [-0.2, -0.15) is 0 Å². The van der Waals surface area contributed by atoms with Crippen molar-refractivity contribution >= 4 is 23.2 Å². The number of carboxylic acid groups (broad SMARTS) is 1. The lowest BCUT2D eigenvalue weighted by atomic mass is 9.97. The third-order valence-electron chi connectivity index (χ3n) is 3.42. The summed E-state index contributed by atoms with van der Waals surface area (Å²) in [5, 5.41) is 11.4. The molecule has 1 saturated heterocycles. The highest BCUT2D eigenvalue weighted by Gasteiger charge is 2.28. The summed E-state index contributed by atoms with van der Waals surface area (Å²) in [5.41, 5.74) is 0.490. The number of aromatic nitrogens is 1. The van der Waals surface area contributed by atoms with Crippen LogP contribution in [0.25, 0.3) is 0 Å². The Morgan fingerprint density at radius 1 is 1.53 bits per heavy atom. The minimum absolute atomic E-state index is 0.0411. The normalized spacial score (nSPS) is 19.4. The van der Waals surface area contributed by atoms with Gasteiger partial charge in [-0.25, -0.2) is 4.98 Å². The number of nitrogens with zero attached hydrogens (tertiary/aromatic N) is 2. The molecule has 0 aromatic carbocycles. The summed E-state index contributed by atoms with van der Waals surface area (Å²) in [5.74, 6) is -0.859. The first-order valence-electron chi connectivity index (χ1n) is 6.53. The zero-order chi connectivity index (χ0) is 13.8. The SMILES string of the molecule is Cc1nc(C(=O)N2CCCCC2CCC(=O)O)cs1. The Balaban J connectivity index is 2.06. The Hall–Kier alpha value is -1.43. The predicted octanol–water partition coefficient (Wildman–Crippen LogP) is 2.31. The highest BCUT2D eigenvalue weighted by atomic mass is 32.1. The molecular formula is C13H18N2O3S. The van der Waals surface area contributed by atoms with Crippen molar-refractivity contribution in [3.05, 3.63) is 16.1 Å². The first-order valence-corrected chi connectivity index (χ1v) is 7.41. The quantitative estimate of drug-likeness (QED) is 0.920. The van der Waals surface area contributed by atoms with E-state index in [1.165, 1.54) is 11.3 Å². The van der Waals surface area contributed by atoms with E-state index in [1.807, 2.05) is 6.92 Å². The molecule has 1 aromatic rings. The van der Waals surface area contributed by atoms with E-state index in [9.17, 15) is 9.59 Å². The van der Waals surface area contributed by atoms with Crippen LogP contribution in [0.15, 0.2) is 5.38 Å². The van der Waals surface area contributed by atoms with Gasteiger partial charge in [0.1, 0.15) is 5.69 Å². The third kappa shape index (κ3) is 3.53. The molecule has 0 aliphatic carbocycles. The van der Waals surface area contributed by atoms with Crippen molar-refractivity contribution in [1.29, 1.82) is 0 Å². The Kier molecular flexibility index (Phi) is 4.52. The molecule has 0 bridgehead atoms. The van der Waals surface area contributed by atoms with E-state index < -0.39 is 5.97 Å². The van der Waals surface area contributed by atoms with Crippen LogP contribution in [0.4, 0.5) is 0 Å². The molecular weight excluding hydrogens is 264 g/mol. The molecule has 0 spiro atoms. The number of carbonyl (C=O) groups excluding carboxylic acids is 1. The zero-order valence-electron chi connectivity index (χ0n) is 11.0. The molecule has 1 aromatic heterocycles. The maximum Gasteiger partial charge on any atom is 0.303 e. The number of hydrogen-bond acceptors (Lipinski definition) is 4. The molecule has 2 rings (SSSR count). The van der Waals surface area contributed by atoms with Crippen molar-refractivity contribution in [3.63, 3.8) is 0 Å². The lowest BCUT2D eigenvalue weighted by Gasteiger charge is -2.35. The molecule has 1 unspecified atom stereocenters. The Morgan fingerprint density at radius 2 is 2.32 bits per heavy atom. The fourth-order valence-corrected chi connectivity index (χ4v) is 3.05. The van der Waals surface area contributed by atoms with Crippen LogP contribution in [0.1, 0.15) is 47.6 Å². The Morgan fingerprint density at radius 3 is 2.95 bits per heavy atom. The molecule has 104 valence electrons. The van der Waals surface area contributed by atoms with Crippen molar-refractivity contribution in [2.24, 2.45) is 0 Å². The van der Waals surface area contributed by atoms with Crippen LogP contribution in [-0.2, 0) is 4.79 Å². The summed E-state index contributed by atoms with van der Waals surface area (Å²) in [6.07, 6.45) is 3.58. The minimum atomic E-state index is -0.803. The summed E-state index contributed by atoms with van der Waals surface area (Å²) in [6.45, 7) is 2.58. The van der Waals surface area contributed by atoms with Gasteiger partial charge < -0.3 is 10.0 Å². The molecule has 1 aliphatic heterocycles. The van der Waals surface area contributed by atoms with Gasteiger partial charge in [-0.1, -0.05) is 0 Å². The number of likely N-dealkylation sites (tertiary alicyclic amines) is 1. The largest absolute Gasteiger partial charge is 0.481 e. The van der Waals surface area contributed by atoms with Crippen molar-refractivity contribution in [2.45, 2.75) is 45.1 Å². The Bertz CT molecular complexity index is 472. The number of aryl methyl sites for hydroxylation is 1. The van der Waals surface area contributed by atoms with Crippen molar-refractivity contribution in [2.75, 3.05) is 6.54 Å². The average Bonchev–Trinajstić information content (AvgIpc) is 2.82. The maximum atomic E-state index is 12.4. The molecule has 0 saturated carbocycles. The minimum Gasteiger partial charge on any atom is -0.481 e. The van der Waals surface area contributed by atoms with E-state index in [-0.39, 0.29) is 18.4 Å². The summed E-state index contributed by atoms with van der Waals surface area (Å²) in [7, 11) is 0. The fraction of sp³-hybridized carbons (Fsp3) is 0.615. The number of amides is 1. The predicted molar refractivity (Wildman–Crippen MR) is 72.4 cm³/mol. The van der Waals surface area contributed by atoms with Gasteiger partial charge in [0.05, 0.1) is 5.01 Å². The fourth-order valence-electron chi connectivity index (χ4n) is 2.47. The van der Waals surface area contributed by atoms with Crippen LogP contribution in [-0.4, -0.2) is 39.5 Å². The van der Waals surface area contributed by atoms with Gasteiger partial charge in [0.2, 0.25) is 0 Å². The van der Waals surface area contributed by atoms with E-state index in [0.717, 1.165) is 24.3 Å². The number of carbonyl (C=O) groups is 2. The molecule has 1 fully saturated rings. The third-order valence-corrected chi connectivity index (χ3v) is 4.19. The summed E-state index contributed by atoms with van der Waals surface area (Å²) in [6, 6.07) is 0.0411. The second kappa shape index (κ2) is 6.14. The first kappa shape index (κ1) is 14.0. The number of hydrogen-bond donors (Lipinski definition) is 1. The number of thiazole rings is 1. The van der Waals surface area contributed by atoms with Crippen molar-refractivity contribution in [1.82, 2.24) is 9.88 Å². The number of piperidine rings is 1. The first-order chi connectivity index (χ1) is 9.08. The van der Waals surface area contributed by atoms with E-state index in [1.54, 1.807) is 10.3 Å². The molecule has 6 heteroatoms. The van der Waals surface area contributed by atoms with Gasteiger partial charge in [-0.15, -0.1) is 11.3 Å². The van der Waals surface area contributed by atoms with Crippen LogP contribution in [0, 0.1) is 6.92 Å². The maximum absolute atomic E-state index is 12.4. The van der Waals surface area contributed by atoms with Gasteiger partial charge in [0.25, 0.3) is 5.91 Å². The van der Waals surface area contributed by atoms with Gasteiger partial charge in [0, 0.05) is 24.4 Å². The Labute approximate surface area is 116 Å². The summed E-state index contributed by atoms with van der Waals surface area (Å²) < 4.78 is 0. The lowest BCUT2D eigenvalue weighted by Crippen LogP contribution is -2.44. The molecule has 19 heavy (non-hydrogen) atoms. The smallest absolute Gasteiger partial charge is 0.303 e. The molecule has 1 aliphatic rings. The molecule has 0 radical (unpaired) electrons. The topological polar surface area (TPSA) is 70.5 Å². The summed E-state index contributed by atoms with van der Waals surface area (Å²) in [4.78, 5) is 29.1. The second-order valence-corrected chi connectivity index (χ2v) is 5.89. The molecule has 1 atom stereocenters. The van der Waals surface area contributed by atoms with Gasteiger partial charge in [-0.05, 0) is 32.6 Å². The average molecular weight is 282 g/mol. The molecule has 1 amide bonds. The van der Waals surface area contributed by atoms with Gasteiger partial charge in [-0.3, -0.25) is 9.59 Å². The van der Waals surface area contributed by atoms with Gasteiger partial charge in [0.15, 0.2) is 0 Å².